The van der Waals surface area contributed by atoms with Crippen LogP contribution in [-0.2, 0) is 0 Å². The van der Waals surface area contributed by atoms with Gasteiger partial charge in [-0.3, -0.25) is 0 Å². The Kier molecular flexibility index (Phi) is 6.58. The van der Waals surface area contributed by atoms with E-state index < -0.39 is 0 Å². The van der Waals surface area contributed by atoms with Crippen LogP contribution >= 0.6 is 11.8 Å². The van der Waals surface area contributed by atoms with Gasteiger partial charge >= 0.3 is 0 Å². The topological polar surface area (TPSA) is 0 Å². The summed E-state index contributed by atoms with van der Waals surface area (Å²) in [5, 5.41) is 0.680. The fraction of sp³-hybridized carbons (Fsp3) is 0.500. The lowest BCUT2D eigenvalue weighted by molar-refractivity contribution is 0.670. The van der Waals surface area contributed by atoms with Gasteiger partial charge in [-0.2, -0.15) is 0 Å². The number of unbranched alkanes of at least 4 members (excludes halogenated alkanes) is 2. The molecule has 0 aromatic heterocycles. The van der Waals surface area contributed by atoms with Gasteiger partial charge < -0.3 is 0 Å². The first-order valence-corrected chi connectivity index (χ1v) is 6.76. The SMILES string of the molecule is C[CH]C(CCCCC)Sc1ccccc1. The minimum absolute atomic E-state index is 0.680. The molecule has 0 nitrogen and oxygen atoms in total. The van der Waals surface area contributed by atoms with Crippen LogP contribution in [0.3, 0.4) is 0 Å². The predicted molar refractivity (Wildman–Crippen MR) is 70.2 cm³/mol. The van der Waals surface area contributed by atoms with Gasteiger partial charge in [-0.25, -0.2) is 0 Å². The van der Waals surface area contributed by atoms with E-state index in [4.69, 9.17) is 0 Å². The quantitative estimate of drug-likeness (QED) is 0.463. The standard InChI is InChI=1S/C14H21S/c1-3-5-7-10-13(4-2)15-14-11-8-6-9-12-14/h4,6,8-9,11-13H,3,5,7,10H2,1-2H3. The molecule has 1 rings (SSSR count). The maximum absolute atomic E-state index is 2.33. The van der Waals surface area contributed by atoms with Crippen LogP contribution in [0.5, 0.6) is 0 Å². The van der Waals surface area contributed by atoms with Crippen molar-refractivity contribution in [3.8, 4) is 0 Å². The van der Waals surface area contributed by atoms with E-state index in [0.717, 1.165) is 0 Å². The zero-order valence-corrected chi connectivity index (χ0v) is 10.6. The third kappa shape index (κ3) is 5.27. The third-order valence-corrected chi connectivity index (χ3v) is 3.85. The maximum Gasteiger partial charge on any atom is 0.0123 e. The van der Waals surface area contributed by atoms with E-state index in [0.29, 0.717) is 5.25 Å². The molecule has 0 aliphatic rings. The van der Waals surface area contributed by atoms with Gasteiger partial charge in [-0.15, -0.1) is 11.8 Å². The fourth-order valence-corrected chi connectivity index (χ4v) is 2.65. The molecule has 0 amide bonds. The van der Waals surface area contributed by atoms with Crippen LogP contribution in [0.1, 0.15) is 39.5 Å². The molecule has 0 fully saturated rings. The molecule has 0 bridgehead atoms. The van der Waals surface area contributed by atoms with E-state index in [1.54, 1.807) is 0 Å². The first kappa shape index (κ1) is 12.6. The largest absolute Gasteiger partial charge is 0.122 e. The summed E-state index contributed by atoms with van der Waals surface area (Å²) in [7, 11) is 0. The summed E-state index contributed by atoms with van der Waals surface area (Å²) in [6, 6.07) is 10.7. The molecule has 1 aromatic rings. The summed E-state index contributed by atoms with van der Waals surface area (Å²) in [5.41, 5.74) is 0. The average molecular weight is 221 g/mol. The Morgan fingerprint density at radius 3 is 2.53 bits per heavy atom. The van der Waals surface area contributed by atoms with Crippen molar-refractivity contribution < 1.29 is 0 Å². The highest BCUT2D eigenvalue weighted by Crippen LogP contribution is 2.28. The minimum atomic E-state index is 0.680. The van der Waals surface area contributed by atoms with Crippen molar-refractivity contribution in [1.29, 1.82) is 0 Å². The van der Waals surface area contributed by atoms with Gasteiger partial charge in [0, 0.05) is 10.1 Å². The Morgan fingerprint density at radius 2 is 1.93 bits per heavy atom. The summed E-state index contributed by atoms with van der Waals surface area (Å²) >= 11 is 1.98. The van der Waals surface area contributed by atoms with Crippen LogP contribution in [0.15, 0.2) is 35.2 Å². The Bertz CT molecular complexity index is 243. The second-order valence-electron chi connectivity index (χ2n) is 3.80. The van der Waals surface area contributed by atoms with E-state index in [9.17, 15) is 0 Å². The van der Waals surface area contributed by atoms with E-state index in [1.165, 1.54) is 30.6 Å². The normalized spacial score (nSPS) is 12.7. The predicted octanol–water partition coefficient (Wildman–Crippen LogP) is 4.95. The van der Waals surface area contributed by atoms with Gasteiger partial charge in [0.1, 0.15) is 0 Å². The second kappa shape index (κ2) is 7.81. The Balaban J connectivity index is 2.33. The zero-order valence-electron chi connectivity index (χ0n) is 9.78. The van der Waals surface area contributed by atoms with E-state index >= 15 is 0 Å². The van der Waals surface area contributed by atoms with Crippen molar-refractivity contribution in [3.05, 3.63) is 36.8 Å². The van der Waals surface area contributed by atoms with Gasteiger partial charge in [-0.1, -0.05) is 51.3 Å². The molecule has 1 heteroatoms. The highest BCUT2D eigenvalue weighted by Gasteiger charge is 2.07. The molecule has 0 saturated heterocycles. The van der Waals surface area contributed by atoms with Gasteiger partial charge in [-0.05, 0) is 25.0 Å². The number of rotatable bonds is 7. The number of hydrogen-bond acceptors (Lipinski definition) is 1. The minimum Gasteiger partial charge on any atom is -0.122 e. The molecule has 15 heavy (non-hydrogen) atoms. The van der Waals surface area contributed by atoms with Gasteiger partial charge in [0.05, 0.1) is 0 Å². The monoisotopic (exact) mass is 221 g/mol. The molecule has 0 spiro atoms. The molecule has 0 heterocycles. The first-order chi connectivity index (χ1) is 7.36. The van der Waals surface area contributed by atoms with Gasteiger partial charge in [0.25, 0.3) is 0 Å². The highest BCUT2D eigenvalue weighted by molar-refractivity contribution is 8.00. The van der Waals surface area contributed by atoms with Crippen molar-refractivity contribution in [2.45, 2.75) is 49.7 Å². The summed E-state index contributed by atoms with van der Waals surface area (Å²) < 4.78 is 0. The molecule has 0 saturated carbocycles. The molecular weight excluding hydrogens is 200 g/mol. The summed E-state index contributed by atoms with van der Waals surface area (Å²) in [5.74, 6) is 0. The zero-order chi connectivity index (χ0) is 10.9. The van der Waals surface area contributed by atoms with Crippen LogP contribution in [0.4, 0.5) is 0 Å². The van der Waals surface area contributed by atoms with Crippen LogP contribution in [0.2, 0.25) is 0 Å². The van der Waals surface area contributed by atoms with Crippen molar-refractivity contribution in [2.24, 2.45) is 0 Å². The van der Waals surface area contributed by atoms with Crippen LogP contribution in [0, 0.1) is 6.42 Å². The van der Waals surface area contributed by atoms with E-state index in [1.807, 2.05) is 11.8 Å². The Hall–Kier alpha value is -0.430. The summed E-state index contributed by atoms with van der Waals surface area (Å²) in [6.45, 7) is 4.43. The fourth-order valence-electron chi connectivity index (χ4n) is 1.56. The van der Waals surface area contributed by atoms with Crippen molar-refractivity contribution in [2.75, 3.05) is 0 Å². The summed E-state index contributed by atoms with van der Waals surface area (Å²) in [4.78, 5) is 1.39. The Labute approximate surface area is 98.5 Å². The molecule has 1 aromatic carbocycles. The average Bonchev–Trinajstić information content (AvgIpc) is 2.29. The molecule has 0 aliphatic carbocycles. The number of thioether (sulfide) groups is 1. The number of benzene rings is 1. The van der Waals surface area contributed by atoms with Crippen LogP contribution in [-0.4, -0.2) is 5.25 Å². The van der Waals surface area contributed by atoms with Gasteiger partial charge in [0.2, 0.25) is 0 Å². The molecular formula is C14H21S. The van der Waals surface area contributed by atoms with Gasteiger partial charge in [0.15, 0.2) is 0 Å². The van der Waals surface area contributed by atoms with E-state index in [-0.39, 0.29) is 0 Å². The molecule has 1 atom stereocenters. The molecule has 1 radical (unpaired) electrons. The second-order valence-corrected chi connectivity index (χ2v) is 5.11. The Morgan fingerprint density at radius 1 is 1.20 bits per heavy atom. The lowest BCUT2D eigenvalue weighted by atomic mass is 10.1. The molecule has 0 N–H and O–H groups in total. The maximum atomic E-state index is 2.33. The van der Waals surface area contributed by atoms with Crippen molar-refractivity contribution in [3.63, 3.8) is 0 Å². The van der Waals surface area contributed by atoms with Crippen LogP contribution in [0.25, 0.3) is 0 Å². The van der Waals surface area contributed by atoms with Crippen molar-refractivity contribution >= 4 is 11.8 Å². The third-order valence-electron chi connectivity index (χ3n) is 2.49. The van der Waals surface area contributed by atoms with Crippen molar-refractivity contribution in [1.82, 2.24) is 0 Å². The molecule has 1 unspecified atom stereocenters. The highest BCUT2D eigenvalue weighted by atomic mass is 32.2. The lowest BCUT2D eigenvalue weighted by Crippen LogP contribution is -2.00. The van der Waals surface area contributed by atoms with Crippen LogP contribution < -0.4 is 0 Å². The lowest BCUT2D eigenvalue weighted by Gasteiger charge is -2.13. The smallest absolute Gasteiger partial charge is 0.0123 e. The molecule has 0 aliphatic heterocycles. The number of hydrogen-bond donors (Lipinski definition) is 0. The molecule has 83 valence electrons. The first-order valence-electron chi connectivity index (χ1n) is 5.88. The van der Waals surface area contributed by atoms with E-state index in [2.05, 4.69) is 50.6 Å². The summed E-state index contributed by atoms with van der Waals surface area (Å²) in [6.07, 6.45) is 7.66.